The fourth-order valence-corrected chi connectivity index (χ4v) is 4.29. The van der Waals surface area contributed by atoms with Gasteiger partial charge in [-0.1, -0.05) is 53.8 Å². The van der Waals surface area contributed by atoms with Gasteiger partial charge in [0.1, 0.15) is 17.2 Å². The Kier molecular flexibility index (Phi) is 6.08. The molecular formula is C23H16ClNO3S2. The van der Waals surface area contributed by atoms with Crippen LogP contribution in [0.15, 0.2) is 77.7 Å². The lowest BCUT2D eigenvalue weighted by Gasteiger charge is -2.15. The minimum absolute atomic E-state index is 0.153. The van der Waals surface area contributed by atoms with Gasteiger partial charge in [0.25, 0.3) is 5.91 Å². The molecule has 4 nitrogen and oxygen atoms in total. The van der Waals surface area contributed by atoms with Crippen LogP contribution in [0.3, 0.4) is 0 Å². The van der Waals surface area contributed by atoms with Gasteiger partial charge < -0.3 is 9.47 Å². The number of hydrogen-bond donors (Lipinski definition) is 0. The molecule has 1 aliphatic heterocycles. The normalized spacial score (nSPS) is 15.0. The van der Waals surface area contributed by atoms with Gasteiger partial charge in [0.2, 0.25) is 0 Å². The molecule has 0 saturated carbocycles. The first-order valence-corrected chi connectivity index (χ1v) is 10.6. The Morgan fingerprint density at radius 2 is 1.63 bits per heavy atom. The van der Waals surface area contributed by atoms with Crippen molar-refractivity contribution in [1.82, 2.24) is 0 Å². The molecular weight excluding hydrogens is 438 g/mol. The number of halogens is 1. The molecule has 1 fully saturated rings. The molecule has 150 valence electrons. The molecule has 3 aromatic rings. The SMILES string of the molecule is COc1cccc(N2C(=O)/C(=C/c3ccc(Oc4ccc(Cl)cc4)cc3)SC2=S)c1. The average Bonchev–Trinajstić information content (AvgIpc) is 3.04. The van der Waals surface area contributed by atoms with Gasteiger partial charge in [-0.05, 0) is 60.2 Å². The molecule has 30 heavy (non-hydrogen) atoms. The van der Waals surface area contributed by atoms with Crippen LogP contribution in [0.1, 0.15) is 5.56 Å². The van der Waals surface area contributed by atoms with E-state index in [1.165, 1.54) is 16.7 Å². The summed E-state index contributed by atoms with van der Waals surface area (Å²) in [6, 6.07) is 21.9. The van der Waals surface area contributed by atoms with E-state index in [9.17, 15) is 4.79 Å². The van der Waals surface area contributed by atoms with Crippen LogP contribution in [0.5, 0.6) is 17.2 Å². The highest BCUT2D eigenvalue weighted by Gasteiger charge is 2.33. The lowest BCUT2D eigenvalue weighted by atomic mass is 10.2. The third-order valence-electron chi connectivity index (χ3n) is 4.33. The van der Waals surface area contributed by atoms with Gasteiger partial charge in [0.05, 0.1) is 17.7 Å². The second-order valence-corrected chi connectivity index (χ2v) is 8.46. The molecule has 0 bridgehead atoms. The van der Waals surface area contributed by atoms with Crippen LogP contribution >= 0.6 is 35.6 Å². The number of anilines is 1. The van der Waals surface area contributed by atoms with E-state index in [1.807, 2.05) is 48.5 Å². The largest absolute Gasteiger partial charge is 0.497 e. The number of hydrogen-bond acceptors (Lipinski definition) is 5. The Morgan fingerprint density at radius 3 is 2.30 bits per heavy atom. The maximum absolute atomic E-state index is 12.9. The Bertz CT molecular complexity index is 1130. The van der Waals surface area contributed by atoms with Gasteiger partial charge >= 0.3 is 0 Å². The zero-order valence-electron chi connectivity index (χ0n) is 15.9. The molecule has 0 radical (unpaired) electrons. The summed E-state index contributed by atoms with van der Waals surface area (Å²) in [6.45, 7) is 0. The molecule has 0 aliphatic carbocycles. The molecule has 4 rings (SSSR count). The molecule has 0 aromatic heterocycles. The first-order chi connectivity index (χ1) is 14.5. The Balaban J connectivity index is 1.51. The predicted molar refractivity (Wildman–Crippen MR) is 127 cm³/mol. The summed E-state index contributed by atoms with van der Waals surface area (Å²) in [4.78, 5) is 15.0. The quantitative estimate of drug-likeness (QED) is 0.323. The molecule has 0 spiro atoms. The number of rotatable bonds is 5. The van der Waals surface area contributed by atoms with Crippen LogP contribution in [0.2, 0.25) is 5.02 Å². The number of ether oxygens (including phenoxy) is 2. The standard InChI is InChI=1S/C23H16ClNO3S2/c1-27-20-4-2-3-17(14-20)25-22(26)21(30-23(25)29)13-15-5-9-18(10-6-15)28-19-11-7-16(24)8-12-19/h2-14H,1H3/b21-13-. The smallest absolute Gasteiger partial charge is 0.270 e. The topological polar surface area (TPSA) is 38.8 Å². The van der Waals surface area contributed by atoms with Crippen molar-refractivity contribution >= 4 is 57.6 Å². The van der Waals surface area contributed by atoms with Gasteiger partial charge in [-0.2, -0.15) is 0 Å². The van der Waals surface area contributed by atoms with E-state index in [0.29, 0.717) is 37.2 Å². The van der Waals surface area contributed by atoms with Crippen molar-refractivity contribution in [3.63, 3.8) is 0 Å². The molecule has 1 saturated heterocycles. The second kappa shape index (κ2) is 8.92. The third-order valence-corrected chi connectivity index (χ3v) is 5.89. The van der Waals surface area contributed by atoms with E-state index in [0.717, 1.165) is 5.56 Å². The Labute approximate surface area is 189 Å². The maximum atomic E-state index is 12.9. The van der Waals surface area contributed by atoms with Gasteiger partial charge in [-0.15, -0.1) is 0 Å². The van der Waals surface area contributed by atoms with Crippen molar-refractivity contribution in [3.05, 3.63) is 88.3 Å². The van der Waals surface area contributed by atoms with Crippen LogP contribution in [0.25, 0.3) is 6.08 Å². The monoisotopic (exact) mass is 453 g/mol. The molecule has 1 amide bonds. The van der Waals surface area contributed by atoms with Gasteiger partial charge in [-0.25, -0.2) is 0 Å². The number of carbonyl (C=O) groups is 1. The van der Waals surface area contributed by atoms with Crippen LogP contribution in [0.4, 0.5) is 5.69 Å². The van der Waals surface area contributed by atoms with Crippen molar-refractivity contribution in [3.8, 4) is 17.2 Å². The van der Waals surface area contributed by atoms with Crippen LogP contribution in [-0.2, 0) is 4.79 Å². The summed E-state index contributed by atoms with van der Waals surface area (Å²) in [7, 11) is 1.59. The molecule has 1 aliphatic rings. The summed E-state index contributed by atoms with van der Waals surface area (Å²) >= 11 is 12.6. The number of benzene rings is 3. The van der Waals surface area contributed by atoms with Crippen molar-refractivity contribution in [2.24, 2.45) is 0 Å². The van der Waals surface area contributed by atoms with Crippen molar-refractivity contribution < 1.29 is 14.3 Å². The Hall–Kier alpha value is -2.80. The zero-order chi connectivity index (χ0) is 21.1. The molecule has 0 atom stereocenters. The van der Waals surface area contributed by atoms with Crippen molar-refractivity contribution in [1.29, 1.82) is 0 Å². The zero-order valence-corrected chi connectivity index (χ0v) is 18.3. The summed E-state index contributed by atoms with van der Waals surface area (Å²) < 4.78 is 11.5. The van der Waals surface area contributed by atoms with Crippen LogP contribution < -0.4 is 14.4 Å². The van der Waals surface area contributed by atoms with Gasteiger partial charge in [0, 0.05) is 11.1 Å². The highest BCUT2D eigenvalue weighted by atomic mass is 35.5. The van der Waals surface area contributed by atoms with Crippen LogP contribution in [0, 0.1) is 0 Å². The first kappa shape index (κ1) is 20.5. The molecule has 0 N–H and O–H groups in total. The van der Waals surface area contributed by atoms with Crippen LogP contribution in [-0.4, -0.2) is 17.3 Å². The molecule has 1 heterocycles. The average molecular weight is 454 g/mol. The number of carbonyl (C=O) groups excluding carboxylic acids is 1. The first-order valence-electron chi connectivity index (χ1n) is 8.99. The lowest BCUT2D eigenvalue weighted by Crippen LogP contribution is -2.27. The highest BCUT2D eigenvalue weighted by Crippen LogP contribution is 2.37. The number of thiocarbonyl (C=S) groups is 1. The number of thioether (sulfide) groups is 1. The summed E-state index contributed by atoms with van der Waals surface area (Å²) in [5, 5.41) is 0.656. The molecule has 7 heteroatoms. The summed E-state index contributed by atoms with van der Waals surface area (Å²) in [5.74, 6) is 1.91. The maximum Gasteiger partial charge on any atom is 0.270 e. The minimum Gasteiger partial charge on any atom is -0.497 e. The molecule has 3 aromatic carbocycles. The molecule has 0 unspecified atom stereocenters. The number of amides is 1. The minimum atomic E-state index is -0.153. The van der Waals surface area contributed by atoms with E-state index in [1.54, 1.807) is 37.4 Å². The number of nitrogens with zero attached hydrogens (tertiary/aromatic N) is 1. The second-order valence-electron chi connectivity index (χ2n) is 6.34. The van der Waals surface area contributed by atoms with E-state index >= 15 is 0 Å². The lowest BCUT2D eigenvalue weighted by molar-refractivity contribution is -0.113. The summed E-state index contributed by atoms with van der Waals surface area (Å²) in [6.07, 6.45) is 1.82. The van der Waals surface area contributed by atoms with Gasteiger partial charge in [-0.3, -0.25) is 9.69 Å². The van der Waals surface area contributed by atoms with Crippen molar-refractivity contribution in [2.45, 2.75) is 0 Å². The van der Waals surface area contributed by atoms with Gasteiger partial charge in [0.15, 0.2) is 4.32 Å². The van der Waals surface area contributed by atoms with E-state index in [2.05, 4.69) is 0 Å². The fourth-order valence-electron chi connectivity index (χ4n) is 2.86. The Morgan fingerprint density at radius 1 is 0.967 bits per heavy atom. The predicted octanol–water partition coefficient (Wildman–Crippen LogP) is 6.55. The van der Waals surface area contributed by atoms with E-state index < -0.39 is 0 Å². The van der Waals surface area contributed by atoms with Crippen molar-refractivity contribution in [2.75, 3.05) is 12.0 Å². The number of methoxy groups -OCH3 is 1. The third kappa shape index (κ3) is 4.51. The van der Waals surface area contributed by atoms with E-state index in [-0.39, 0.29) is 5.91 Å². The fraction of sp³-hybridized carbons (Fsp3) is 0.0435. The van der Waals surface area contributed by atoms with E-state index in [4.69, 9.17) is 33.3 Å². The highest BCUT2D eigenvalue weighted by molar-refractivity contribution is 8.27. The summed E-state index contributed by atoms with van der Waals surface area (Å²) in [5.41, 5.74) is 1.57.